The second-order valence-electron chi connectivity index (χ2n) is 9.60. The molecule has 1 aliphatic heterocycles. The third-order valence-corrected chi connectivity index (χ3v) is 6.42. The van der Waals surface area contributed by atoms with Crippen LogP contribution in [-0.2, 0) is 32.2 Å². The molecule has 2 aromatic carbocycles. The highest BCUT2D eigenvalue weighted by atomic mass is 16.8. The average molecular weight is 491 g/mol. The summed E-state index contributed by atoms with van der Waals surface area (Å²) in [7, 11) is 0. The number of ether oxygens (including phenoxy) is 4. The highest BCUT2D eigenvalue weighted by molar-refractivity contribution is 5.16. The Balaban J connectivity index is 2.02. The Kier molecular flexibility index (Phi) is 10.0. The first kappa shape index (κ1) is 27.8. The van der Waals surface area contributed by atoms with Gasteiger partial charge in [-0.2, -0.15) is 5.26 Å². The van der Waals surface area contributed by atoms with E-state index < -0.39 is 29.6 Å². The molecule has 36 heavy (non-hydrogen) atoms. The second-order valence-corrected chi connectivity index (χ2v) is 9.60. The van der Waals surface area contributed by atoms with Gasteiger partial charge < -0.3 is 18.9 Å². The Morgan fingerprint density at radius 3 is 2.08 bits per heavy atom. The lowest BCUT2D eigenvalue weighted by molar-refractivity contribution is -0.228. The second kappa shape index (κ2) is 13.0. The zero-order chi connectivity index (χ0) is 26.0. The molecule has 6 heteroatoms. The standard InChI is InChI=1S/C30H38N2O4/c1-6-18-32(19-7-2)26(20-31)28(33-21-24-14-10-8-11-15-24)30(5,27-23-34-29(3,4)36-27)35-22-25-16-12-9-13-17-25/h6-17,26-28H,1-2,18-19,21-23H2,3-5H3/t26?,27-,28-,30-/m0/s1. The SMILES string of the molecule is C=CCN(CC=C)C(C#N)[C@H](OCc1ccccc1)[C@@](C)(OCc1ccccc1)[C@@H]1COC(C)(C)O1. The van der Waals surface area contributed by atoms with Gasteiger partial charge in [0, 0.05) is 13.1 Å². The molecule has 1 fully saturated rings. The van der Waals surface area contributed by atoms with E-state index in [1.807, 2.05) is 86.3 Å². The fraction of sp³-hybridized carbons (Fsp3) is 0.433. The average Bonchev–Trinajstić information content (AvgIpc) is 3.26. The van der Waals surface area contributed by atoms with E-state index in [0.717, 1.165) is 11.1 Å². The molecule has 0 radical (unpaired) electrons. The van der Waals surface area contributed by atoms with Crippen LogP contribution >= 0.6 is 0 Å². The summed E-state index contributed by atoms with van der Waals surface area (Å²) < 4.78 is 25.5. The normalized spacial score (nSPS) is 20.2. The van der Waals surface area contributed by atoms with Crippen molar-refractivity contribution in [3.8, 4) is 6.07 Å². The maximum Gasteiger partial charge on any atom is 0.163 e. The molecule has 0 spiro atoms. The van der Waals surface area contributed by atoms with E-state index in [4.69, 9.17) is 18.9 Å². The lowest BCUT2D eigenvalue weighted by atomic mass is 9.86. The number of benzene rings is 2. The molecule has 6 nitrogen and oxygen atoms in total. The maximum atomic E-state index is 10.4. The molecule has 0 aliphatic carbocycles. The summed E-state index contributed by atoms with van der Waals surface area (Å²) in [6, 6.07) is 21.7. The first-order valence-corrected chi connectivity index (χ1v) is 12.3. The van der Waals surface area contributed by atoms with Crippen molar-refractivity contribution in [2.24, 2.45) is 0 Å². The smallest absolute Gasteiger partial charge is 0.163 e. The lowest BCUT2D eigenvalue weighted by Crippen LogP contribution is -2.61. The third-order valence-electron chi connectivity index (χ3n) is 6.42. The molecule has 192 valence electrons. The topological polar surface area (TPSA) is 64.0 Å². The summed E-state index contributed by atoms with van der Waals surface area (Å²) in [6.07, 6.45) is 2.43. The van der Waals surface area contributed by atoms with Crippen molar-refractivity contribution in [2.75, 3.05) is 19.7 Å². The summed E-state index contributed by atoms with van der Waals surface area (Å²) in [5, 5.41) is 10.4. The number of nitrogens with zero attached hydrogens (tertiary/aromatic N) is 2. The Labute approximate surface area is 215 Å². The van der Waals surface area contributed by atoms with E-state index in [2.05, 4.69) is 19.2 Å². The van der Waals surface area contributed by atoms with Crippen molar-refractivity contribution >= 4 is 0 Å². The Hall–Kier alpha value is -2.79. The van der Waals surface area contributed by atoms with Gasteiger partial charge in [-0.05, 0) is 31.9 Å². The quantitative estimate of drug-likeness (QED) is 0.337. The first-order valence-electron chi connectivity index (χ1n) is 12.3. The van der Waals surface area contributed by atoms with Gasteiger partial charge in [0.05, 0.1) is 25.9 Å². The van der Waals surface area contributed by atoms with Gasteiger partial charge >= 0.3 is 0 Å². The predicted molar refractivity (Wildman–Crippen MR) is 141 cm³/mol. The van der Waals surface area contributed by atoms with Gasteiger partial charge in [-0.25, -0.2) is 0 Å². The van der Waals surface area contributed by atoms with Crippen molar-refractivity contribution in [1.29, 1.82) is 5.26 Å². The molecule has 0 saturated carbocycles. The summed E-state index contributed by atoms with van der Waals surface area (Å²) >= 11 is 0. The van der Waals surface area contributed by atoms with Crippen LogP contribution in [0.4, 0.5) is 0 Å². The van der Waals surface area contributed by atoms with Crippen molar-refractivity contribution in [2.45, 2.75) is 63.6 Å². The Bertz CT molecular complexity index is 995. The highest BCUT2D eigenvalue weighted by Gasteiger charge is 2.53. The lowest BCUT2D eigenvalue weighted by Gasteiger charge is -2.45. The van der Waals surface area contributed by atoms with E-state index in [0.29, 0.717) is 32.9 Å². The number of nitriles is 1. The van der Waals surface area contributed by atoms with Crippen LogP contribution in [0.15, 0.2) is 86.0 Å². The van der Waals surface area contributed by atoms with Gasteiger partial charge in [-0.3, -0.25) is 4.90 Å². The molecule has 1 aliphatic rings. The van der Waals surface area contributed by atoms with Crippen LogP contribution in [0.2, 0.25) is 0 Å². The van der Waals surface area contributed by atoms with Crippen LogP contribution in [0, 0.1) is 11.3 Å². The fourth-order valence-electron chi connectivity index (χ4n) is 4.45. The third kappa shape index (κ3) is 7.13. The highest BCUT2D eigenvalue weighted by Crippen LogP contribution is 2.37. The zero-order valence-electron chi connectivity index (χ0n) is 21.6. The van der Waals surface area contributed by atoms with Crippen LogP contribution in [-0.4, -0.2) is 54.2 Å². The van der Waals surface area contributed by atoms with Gasteiger partial charge in [0.15, 0.2) is 5.79 Å². The van der Waals surface area contributed by atoms with E-state index in [1.165, 1.54) is 0 Å². The molecule has 3 rings (SSSR count). The minimum atomic E-state index is -1.01. The summed E-state index contributed by atoms with van der Waals surface area (Å²) in [4.78, 5) is 1.99. The minimum Gasteiger partial charge on any atom is -0.368 e. The van der Waals surface area contributed by atoms with Gasteiger partial charge in [0.1, 0.15) is 23.9 Å². The van der Waals surface area contributed by atoms with Crippen LogP contribution < -0.4 is 0 Å². The maximum absolute atomic E-state index is 10.4. The van der Waals surface area contributed by atoms with E-state index in [-0.39, 0.29) is 0 Å². The number of hydrogen-bond acceptors (Lipinski definition) is 6. The number of rotatable bonds is 14. The molecule has 0 aromatic heterocycles. The molecule has 1 saturated heterocycles. The van der Waals surface area contributed by atoms with Crippen molar-refractivity contribution in [3.63, 3.8) is 0 Å². The van der Waals surface area contributed by atoms with Crippen LogP contribution in [0.3, 0.4) is 0 Å². The molecule has 1 unspecified atom stereocenters. The van der Waals surface area contributed by atoms with Gasteiger partial charge in [0.2, 0.25) is 0 Å². The van der Waals surface area contributed by atoms with E-state index in [1.54, 1.807) is 12.2 Å². The minimum absolute atomic E-state index is 0.320. The van der Waals surface area contributed by atoms with Gasteiger partial charge in [-0.1, -0.05) is 72.8 Å². The molecule has 0 N–H and O–H groups in total. The predicted octanol–water partition coefficient (Wildman–Crippen LogP) is 5.26. The molecule has 4 atom stereocenters. The molecule has 0 bridgehead atoms. The molecule has 0 amide bonds. The fourth-order valence-corrected chi connectivity index (χ4v) is 4.45. The molecular formula is C30H38N2O4. The van der Waals surface area contributed by atoms with Gasteiger partial charge in [-0.15, -0.1) is 13.2 Å². The first-order chi connectivity index (χ1) is 17.3. The monoisotopic (exact) mass is 490 g/mol. The van der Waals surface area contributed by atoms with Crippen LogP contribution in [0.5, 0.6) is 0 Å². The van der Waals surface area contributed by atoms with Crippen molar-refractivity contribution < 1.29 is 18.9 Å². The van der Waals surface area contributed by atoms with Crippen LogP contribution in [0.25, 0.3) is 0 Å². The van der Waals surface area contributed by atoms with Gasteiger partial charge in [0.25, 0.3) is 0 Å². The number of hydrogen-bond donors (Lipinski definition) is 0. The van der Waals surface area contributed by atoms with E-state index >= 15 is 0 Å². The summed E-state index contributed by atoms with van der Waals surface area (Å²) in [5.41, 5.74) is 1.01. The zero-order valence-corrected chi connectivity index (χ0v) is 21.6. The molecule has 1 heterocycles. The largest absolute Gasteiger partial charge is 0.368 e. The van der Waals surface area contributed by atoms with Crippen molar-refractivity contribution in [3.05, 3.63) is 97.1 Å². The van der Waals surface area contributed by atoms with Crippen LogP contribution in [0.1, 0.15) is 31.9 Å². The Morgan fingerprint density at radius 2 is 1.61 bits per heavy atom. The summed E-state index contributed by atoms with van der Waals surface area (Å²) in [5.74, 6) is -0.768. The molecule has 2 aromatic rings. The Morgan fingerprint density at radius 1 is 1.06 bits per heavy atom. The van der Waals surface area contributed by atoms with E-state index in [9.17, 15) is 5.26 Å². The summed E-state index contributed by atoms with van der Waals surface area (Å²) in [6.45, 7) is 15.5. The molecular weight excluding hydrogens is 452 g/mol. The van der Waals surface area contributed by atoms with Crippen molar-refractivity contribution in [1.82, 2.24) is 4.90 Å².